The highest BCUT2D eigenvalue weighted by Crippen LogP contribution is 2.28. The van der Waals surface area contributed by atoms with Gasteiger partial charge in [-0.3, -0.25) is 0 Å². The van der Waals surface area contributed by atoms with Gasteiger partial charge < -0.3 is 10.1 Å². The topological polar surface area (TPSA) is 57.9 Å². The molecule has 2 aromatic rings. The molecule has 0 fully saturated rings. The zero-order chi connectivity index (χ0) is 15.2. The molecular formula is C15H16ClN3OS. The van der Waals surface area contributed by atoms with E-state index in [2.05, 4.69) is 34.8 Å². The summed E-state index contributed by atoms with van der Waals surface area (Å²) in [5, 5.41) is 13.2. The molecule has 0 spiro atoms. The third-order valence-electron chi connectivity index (χ3n) is 3.31. The van der Waals surface area contributed by atoms with Gasteiger partial charge in [0.15, 0.2) is 5.15 Å². The van der Waals surface area contributed by atoms with Crippen LogP contribution in [0.3, 0.4) is 0 Å². The van der Waals surface area contributed by atoms with E-state index in [-0.39, 0.29) is 5.15 Å². The molecular weight excluding hydrogens is 306 g/mol. The smallest absolute Gasteiger partial charge is 0.162 e. The average Bonchev–Trinajstić information content (AvgIpc) is 2.87. The van der Waals surface area contributed by atoms with Crippen molar-refractivity contribution < 1.29 is 4.74 Å². The lowest BCUT2D eigenvalue weighted by molar-refractivity contribution is 0.414. The lowest BCUT2D eigenvalue weighted by Crippen LogP contribution is -2.05. The summed E-state index contributed by atoms with van der Waals surface area (Å²) in [6, 6.07) is 10.2. The maximum absolute atomic E-state index is 9.00. The predicted molar refractivity (Wildman–Crippen MR) is 86.4 cm³/mol. The van der Waals surface area contributed by atoms with Crippen LogP contribution in [0.1, 0.15) is 30.4 Å². The number of anilines is 1. The van der Waals surface area contributed by atoms with Crippen LogP contribution in [0.4, 0.5) is 5.00 Å². The summed E-state index contributed by atoms with van der Waals surface area (Å²) in [5.41, 5.74) is 1.69. The second-order valence-corrected chi connectivity index (χ2v) is 5.81. The Balaban J connectivity index is 1.89. The van der Waals surface area contributed by atoms with Crippen LogP contribution < -0.4 is 10.1 Å². The van der Waals surface area contributed by atoms with E-state index >= 15 is 0 Å². The molecule has 110 valence electrons. The van der Waals surface area contributed by atoms with Gasteiger partial charge in [0.25, 0.3) is 0 Å². The van der Waals surface area contributed by atoms with Gasteiger partial charge in [-0.15, -0.1) is 0 Å². The van der Waals surface area contributed by atoms with E-state index in [1.54, 1.807) is 7.11 Å². The maximum atomic E-state index is 9.00. The van der Waals surface area contributed by atoms with Gasteiger partial charge in [0.2, 0.25) is 0 Å². The van der Waals surface area contributed by atoms with Crippen LogP contribution in [0.5, 0.6) is 5.75 Å². The number of methoxy groups -OCH3 is 1. The van der Waals surface area contributed by atoms with Crippen LogP contribution in [0.25, 0.3) is 0 Å². The minimum Gasteiger partial charge on any atom is -0.497 e. The fourth-order valence-corrected chi connectivity index (χ4v) is 2.95. The van der Waals surface area contributed by atoms with Gasteiger partial charge in [-0.05, 0) is 41.6 Å². The van der Waals surface area contributed by atoms with Crippen molar-refractivity contribution in [2.45, 2.75) is 19.3 Å². The molecule has 1 N–H and O–H groups in total. The van der Waals surface area contributed by atoms with Gasteiger partial charge in [0.1, 0.15) is 22.4 Å². The molecule has 0 amide bonds. The molecule has 1 aromatic heterocycles. The molecule has 1 aromatic carbocycles. The van der Waals surface area contributed by atoms with Gasteiger partial charge in [-0.1, -0.05) is 30.7 Å². The SMILES string of the molecule is COc1ccc(C(C)CCNc2snc(Cl)c2C#N)cc1. The fourth-order valence-electron chi connectivity index (χ4n) is 1.99. The number of benzene rings is 1. The van der Waals surface area contributed by atoms with Crippen molar-refractivity contribution in [3.63, 3.8) is 0 Å². The molecule has 1 atom stereocenters. The quantitative estimate of drug-likeness (QED) is 0.862. The number of hydrogen-bond donors (Lipinski definition) is 1. The molecule has 0 saturated heterocycles. The molecule has 0 saturated carbocycles. The Morgan fingerprint density at radius 2 is 2.14 bits per heavy atom. The van der Waals surface area contributed by atoms with Crippen LogP contribution in [0.15, 0.2) is 24.3 Å². The summed E-state index contributed by atoms with van der Waals surface area (Å²) in [5.74, 6) is 1.28. The first-order chi connectivity index (χ1) is 10.2. The Labute approximate surface area is 133 Å². The Kier molecular flexibility index (Phi) is 5.43. The van der Waals surface area contributed by atoms with Gasteiger partial charge in [-0.25, -0.2) is 0 Å². The van der Waals surface area contributed by atoms with E-state index in [0.29, 0.717) is 11.5 Å². The average molecular weight is 322 g/mol. The molecule has 0 aliphatic carbocycles. The largest absolute Gasteiger partial charge is 0.497 e. The molecule has 0 aliphatic rings. The third kappa shape index (κ3) is 3.87. The molecule has 21 heavy (non-hydrogen) atoms. The number of rotatable bonds is 6. The Morgan fingerprint density at radius 1 is 1.43 bits per heavy atom. The Morgan fingerprint density at radius 3 is 2.76 bits per heavy atom. The molecule has 1 unspecified atom stereocenters. The second-order valence-electron chi connectivity index (χ2n) is 4.68. The summed E-state index contributed by atoms with van der Waals surface area (Å²) in [6.07, 6.45) is 0.951. The first-order valence-corrected chi connectivity index (χ1v) is 7.74. The number of hydrogen-bond acceptors (Lipinski definition) is 5. The van der Waals surface area contributed by atoms with Crippen LogP contribution in [0, 0.1) is 11.3 Å². The Bertz CT molecular complexity index is 633. The molecule has 4 nitrogen and oxygen atoms in total. The van der Waals surface area contributed by atoms with Crippen molar-refractivity contribution in [1.82, 2.24) is 4.37 Å². The summed E-state index contributed by atoms with van der Waals surface area (Å²) in [7, 11) is 1.66. The van der Waals surface area contributed by atoms with E-state index in [1.807, 2.05) is 12.1 Å². The van der Waals surface area contributed by atoms with E-state index in [1.165, 1.54) is 17.1 Å². The highest BCUT2D eigenvalue weighted by molar-refractivity contribution is 7.10. The normalized spacial score (nSPS) is 11.7. The van der Waals surface area contributed by atoms with Crippen LogP contribution in [-0.2, 0) is 0 Å². The zero-order valence-electron chi connectivity index (χ0n) is 11.9. The lowest BCUT2D eigenvalue weighted by atomic mass is 9.98. The summed E-state index contributed by atoms with van der Waals surface area (Å²) >= 11 is 7.06. The molecule has 0 radical (unpaired) electrons. The number of ether oxygens (including phenoxy) is 1. The number of nitrogens with zero attached hydrogens (tertiary/aromatic N) is 2. The molecule has 0 bridgehead atoms. The minimum absolute atomic E-state index is 0.271. The van der Waals surface area contributed by atoms with Gasteiger partial charge in [0, 0.05) is 6.54 Å². The van der Waals surface area contributed by atoms with Crippen molar-refractivity contribution in [3.8, 4) is 11.8 Å². The Hall–Kier alpha value is -1.77. The lowest BCUT2D eigenvalue weighted by Gasteiger charge is -2.13. The second kappa shape index (κ2) is 7.30. The molecule has 6 heteroatoms. The number of nitrogens with one attached hydrogen (secondary N) is 1. The van der Waals surface area contributed by atoms with Gasteiger partial charge >= 0.3 is 0 Å². The summed E-state index contributed by atoms with van der Waals surface area (Å²) < 4.78 is 9.13. The third-order valence-corrected chi connectivity index (χ3v) is 4.49. The van der Waals surface area contributed by atoms with E-state index < -0.39 is 0 Å². The fraction of sp³-hybridized carbons (Fsp3) is 0.333. The molecule has 1 heterocycles. The van der Waals surface area contributed by atoms with Crippen LogP contribution in [0.2, 0.25) is 5.15 Å². The van der Waals surface area contributed by atoms with E-state index in [9.17, 15) is 0 Å². The van der Waals surface area contributed by atoms with Crippen LogP contribution >= 0.6 is 23.1 Å². The van der Waals surface area contributed by atoms with E-state index in [4.69, 9.17) is 21.6 Å². The minimum atomic E-state index is 0.271. The molecule has 0 aliphatic heterocycles. The predicted octanol–water partition coefficient (Wildman–Crippen LogP) is 4.28. The van der Waals surface area contributed by atoms with Crippen LogP contribution in [-0.4, -0.2) is 18.0 Å². The highest BCUT2D eigenvalue weighted by Gasteiger charge is 2.12. The van der Waals surface area contributed by atoms with Crippen molar-refractivity contribution in [2.24, 2.45) is 0 Å². The molecule has 2 rings (SSSR count). The number of aromatic nitrogens is 1. The zero-order valence-corrected chi connectivity index (χ0v) is 13.5. The summed E-state index contributed by atoms with van der Waals surface area (Å²) in [6.45, 7) is 2.94. The highest BCUT2D eigenvalue weighted by atomic mass is 35.5. The number of nitriles is 1. The van der Waals surface area contributed by atoms with Gasteiger partial charge in [-0.2, -0.15) is 9.64 Å². The van der Waals surface area contributed by atoms with Crippen molar-refractivity contribution in [1.29, 1.82) is 5.26 Å². The van der Waals surface area contributed by atoms with E-state index in [0.717, 1.165) is 23.7 Å². The first kappa shape index (κ1) is 15.6. The summed E-state index contributed by atoms with van der Waals surface area (Å²) in [4.78, 5) is 0. The monoisotopic (exact) mass is 321 g/mol. The standard InChI is InChI=1S/C15H16ClN3OS/c1-10(11-3-5-12(20-2)6-4-11)7-8-18-15-13(9-17)14(16)19-21-15/h3-6,10,18H,7-8H2,1-2H3. The van der Waals surface area contributed by atoms with Gasteiger partial charge in [0.05, 0.1) is 7.11 Å². The maximum Gasteiger partial charge on any atom is 0.162 e. The number of halogens is 1. The van der Waals surface area contributed by atoms with Crippen molar-refractivity contribution >= 4 is 28.1 Å². The first-order valence-electron chi connectivity index (χ1n) is 6.58. The van der Waals surface area contributed by atoms with Crippen molar-refractivity contribution in [3.05, 3.63) is 40.5 Å². The van der Waals surface area contributed by atoms with Crippen molar-refractivity contribution in [2.75, 3.05) is 19.0 Å².